The SMILES string of the molecule is CCCC(NC(=O)c1coc2ccccc12)C(N)=S. The maximum absolute atomic E-state index is 12.2. The molecule has 2 rings (SSSR count). The Morgan fingerprint density at radius 3 is 2.89 bits per heavy atom. The van der Waals surface area contributed by atoms with Gasteiger partial charge in [-0.25, -0.2) is 0 Å². The number of amides is 1. The molecule has 4 nitrogen and oxygen atoms in total. The van der Waals surface area contributed by atoms with E-state index in [0.717, 1.165) is 18.2 Å². The van der Waals surface area contributed by atoms with Crippen LogP contribution in [-0.2, 0) is 0 Å². The smallest absolute Gasteiger partial charge is 0.255 e. The Labute approximate surface area is 117 Å². The summed E-state index contributed by atoms with van der Waals surface area (Å²) in [7, 11) is 0. The van der Waals surface area contributed by atoms with E-state index in [2.05, 4.69) is 5.32 Å². The van der Waals surface area contributed by atoms with Crippen molar-refractivity contribution in [2.45, 2.75) is 25.8 Å². The lowest BCUT2D eigenvalue weighted by molar-refractivity contribution is 0.0946. The van der Waals surface area contributed by atoms with Gasteiger partial charge in [0.25, 0.3) is 5.91 Å². The largest absolute Gasteiger partial charge is 0.463 e. The molecule has 1 heterocycles. The van der Waals surface area contributed by atoms with Crippen LogP contribution in [0.25, 0.3) is 11.0 Å². The quantitative estimate of drug-likeness (QED) is 0.824. The maximum Gasteiger partial charge on any atom is 0.255 e. The van der Waals surface area contributed by atoms with Crippen LogP contribution in [-0.4, -0.2) is 16.9 Å². The molecule has 100 valence electrons. The van der Waals surface area contributed by atoms with Crippen molar-refractivity contribution in [2.24, 2.45) is 5.73 Å². The van der Waals surface area contributed by atoms with Gasteiger partial charge in [-0.3, -0.25) is 4.79 Å². The first-order chi connectivity index (χ1) is 9.13. The van der Waals surface area contributed by atoms with Gasteiger partial charge in [-0.1, -0.05) is 43.8 Å². The van der Waals surface area contributed by atoms with E-state index in [9.17, 15) is 4.79 Å². The van der Waals surface area contributed by atoms with Crippen LogP contribution in [0.1, 0.15) is 30.1 Å². The maximum atomic E-state index is 12.2. The summed E-state index contributed by atoms with van der Waals surface area (Å²) in [5.74, 6) is -0.212. The minimum atomic E-state index is -0.277. The number of hydrogen-bond acceptors (Lipinski definition) is 3. The molecule has 0 saturated carbocycles. The Morgan fingerprint density at radius 1 is 1.47 bits per heavy atom. The number of benzene rings is 1. The average Bonchev–Trinajstić information content (AvgIpc) is 2.81. The standard InChI is InChI=1S/C14H16N2O2S/c1-2-5-11(13(15)19)16-14(17)10-8-18-12-7-4-3-6-9(10)12/h3-4,6-8,11H,2,5H2,1H3,(H2,15,19)(H,16,17). The first-order valence-electron chi connectivity index (χ1n) is 6.20. The van der Waals surface area contributed by atoms with Crippen LogP contribution in [0.5, 0.6) is 0 Å². The van der Waals surface area contributed by atoms with Crippen LogP contribution in [0.15, 0.2) is 34.9 Å². The summed E-state index contributed by atoms with van der Waals surface area (Å²) in [6.45, 7) is 2.02. The number of para-hydroxylation sites is 1. The van der Waals surface area contributed by atoms with Crippen LogP contribution < -0.4 is 11.1 Å². The summed E-state index contributed by atoms with van der Waals surface area (Å²) in [5.41, 5.74) is 6.83. The topological polar surface area (TPSA) is 68.3 Å². The molecule has 0 aliphatic carbocycles. The van der Waals surface area contributed by atoms with Crippen molar-refractivity contribution in [2.75, 3.05) is 0 Å². The number of carbonyl (C=O) groups is 1. The van der Waals surface area contributed by atoms with E-state index in [0.29, 0.717) is 16.1 Å². The summed E-state index contributed by atoms with van der Waals surface area (Å²) in [5, 5.41) is 3.64. The lowest BCUT2D eigenvalue weighted by Crippen LogP contribution is -2.43. The zero-order chi connectivity index (χ0) is 13.8. The molecule has 0 saturated heterocycles. The number of nitrogens with two attached hydrogens (primary N) is 1. The van der Waals surface area contributed by atoms with Gasteiger partial charge in [0.15, 0.2) is 0 Å². The second-order valence-electron chi connectivity index (χ2n) is 4.36. The van der Waals surface area contributed by atoms with Gasteiger partial charge in [-0.05, 0) is 12.5 Å². The molecule has 5 heteroatoms. The molecule has 1 amide bonds. The van der Waals surface area contributed by atoms with Gasteiger partial charge in [0.2, 0.25) is 0 Å². The van der Waals surface area contributed by atoms with Crippen LogP contribution in [0.3, 0.4) is 0 Å². The third-order valence-electron chi connectivity index (χ3n) is 2.95. The highest BCUT2D eigenvalue weighted by atomic mass is 32.1. The van der Waals surface area contributed by atoms with Gasteiger partial charge < -0.3 is 15.5 Å². The average molecular weight is 276 g/mol. The predicted octanol–water partition coefficient (Wildman–Crippen LogP) is 2.62. The Kier molecular flexibility index (Phi) is 4.16. The molecule has 0 aliphatic rings. The molecular formula is C14H16N2O2S. The second kappa shape index (κ2) is 5.84. The predicted molar refractivity (Wildman–Crippen MR) is 79.2 cm³/mol. The Morgan fingerprint density at radius 2 is 2.21 bits per heavy atom. The van der Waals surface area contributed by atoms with Crippen molar-refractivity contribution in [3.8, 4) is 0 Å². The van der Waals surface area contributed by atoms with E-state index in [1.165, 1.54) is 6.26 Å². The lowest BCUT2D eigenvalue weighted by Gasteiger charge is -2.16. The third-order valence-corrected chi connectivity index (χ3v) is 3.24. The fraction of sp³-hybridized carbons (Fsp3) is 0.286. The van der Waals surface area contributed by atoms with E-state index >= 15 is 0 Å². The Balaban J connectivity index is 2.22. The highest BCUT2D eigenvalue weighted by Gasteiger charge is 2.18. The fourth-order valence-corrected chi connectivity index (χ4v) is 2.14. The second-order valence-corrected chi connectivity index (χ2v) is 4.83. The molecule has 0 radical (unpaired) electrons. The molecule has 0 spiro atoms. The number of nitrogens with one attached hydrogen (secondary N) is 1. The summed E-state index contributed by atoms with van der Waals surface area (Å²) >= 11 is 4.97. The molecule has 1 unspecified atom stereocenters. The van der Waals surface area contributed by atoms with E-state index in [1.54, 1.807) is 0 Å². The van der Waals surface area contributed by atoms with Gasteiger partial charge in [0.1, 0.15) is 11.8 Å². The molecule has 0 aliphatic heterocycles. The molecule has 1 aromatic heterocycles. The Hall–Kier alpha value is -1.88. The zero-order valence-corrected chi connectivity index (χ0v) is 11.5. The molecule has 2 aromatic rings. The summed E-state index contributed by atoms with van der Waals surface area (Å²) in [6, 6.07) is 7.13. The van der Waals surface area contributed by atoms with E-state index in [-0.39, 0.29) is 11.9 Å². The minimum absolute atomic E-state index is 0.212. The highest BCUT2D eigenvalue weighted by molar-refractivity contribution is 7.80. The molecule has 19 heavy (non-hydrogen) atoms. The number of fused-ring (bicyclic) bond motifs is 1. The Bertz CT molecular complexity index is 606. The van der Waals surface area contributed by atoms with Crippen LogP contribution in [0, 0.1) is 0 Å². The number of carbonyl (C=O) groups excluding carboxylic acids is 1. The minimum Gasteiger partial charge on any atom is -0.463 e. The summed E-state index contributed by atoms with van der Waals surface area (Å²) in [4.78, 5) is 12.5. The van der Waals surface area contributed by atoms with E-state index < -0.39 is 0 Å². The zero-order valence-electron chi connectivity index (χ0n) is 10.7. The van der Waals surface area contributed by atoms with Gasteiger partial charge >= 0.3 is 0 Å². The van der Waals surface area contributed by atoms with E-state index in [1.807, 2.05) is 31.2 Å². The molecule has 1 atom stereocenters. The van der Waals surface area contributed by atoms with Crippen LogP contribution in [0.2, 0.25) is 0 Å². The highest BCUT2D eigenvalue weighted by Crippen LogP contribution is 2.20. The number of thiocarbonyl (C=S) groups is 1. The molecular weight excluding hydrogens is 260 g/mol. The third kappa shape index (κ3) is 2.93. The van der Waals surface area contributed by atoms with Crippen molar-refractivity contribution < 1.29 is 9.21 Å². The van der Waals surface area contributed by atoms with Crippen molar-refractivity contribution >= 4 is 34.1 Å². The monoisotopic (exact) mass is 276 g/mol. The fourth-order valence-electron chi connectivity index (χ4n) is 1.96. The van der Waals surface area contributed by atoms with Crippen molar-refractivity contribution in [1.29, 1.82) is 0 Å². The van der Waals surface area contributed by atoms with Crippen LogP contribution >= 0.6 is 12.2 Å². The number of rotatable bonds is 5. The molecule has 3 N–H and O–H groups in total. The van der Waals surface area contributed by atoms with Crippen molar-refractivity contribution in [3.63, 3.8) is 0 Å². The molecule has 0 fully saturated rings. The lowest BCUT2D eigenvalue weighted by atomic mass is 10.1. The van der Waals surface area contributed by atoms with Crippen LogP contribution in [0.4, 0.5) is 0 Å². The van der Waals surface area contributed by atoms with Crippen molar-refractivity contribution in [3.05, 3.63) is 36.1 Å². The van der Waals surface area contributed by atoms with Gasteiger partial charge in [-0.15, -0.1) is 0 Å². The van der Waals surface area contributed by atoms with Gasteiger partial charge in [-0.2, -0.15) is 0 Å². The molecule has 0 bridgehead atoms. The summed E-state index contributed by atoms with van der Waals surface area (Å²) < 4.78 is 5.35. The summed E-state index contributed by atoms with van der Waals surface area (Å²) in [6.07, 6.45) is 3.09. The number of furan rings is 1. The van der Waals surface area contributed by atoms with Crippen molar-refractivity contribution in [1.82, 2.24) is 5.32 Å². The number of hydrogen-bond donors (Lipinski definition) is 2. The molecule has 1 aromatic carbocycles. The normalized spacial score (nSPS) is 12.3. The van der Waals surface area contributed by atoms with Gasteiger partial charge in [0, 0.05) is 5.39 Å². The van der Waals surface area contributed by atoms with Gasteiger partial charge in [0.05, 0.1) is 16.6 Å². The first-order valence-corrected chi connectivity index (χ1v) is 6.60. The van der Waals surface area contributed by atoms with E-state index in [4.69, 9.17) is 22.4 Å². The first kappa shape index (κ1) is 13.5.